The van der Waals surface area contributed by atoms with Crippen molar-refractivity contribution in [1.29, 1.82) is 0 Å². The standard InChI is InChI=1S/C17H26FN3O2.HI/c1-4-19-17(21-12-10-16(22)23-13(2)3)20-11-9-14-7-5-6-8-15(14)18;/h5-8,13H,4,9-12H2,1-3H3,(H2,19,20,21);1H. The highest BCUT2D eigenvalue weighted by atomic mass is 127. The first-order chi connectivity index (χ1) is 11.0. The van der Waals surface area contributed by atoms with Crippen molar-refractivity contribution in [2.45, 2.75) is 39.7 Å². The smallest absolute Gasteiger partial charge is 0.307 e. The fourth-order valence-corrected chi connectivity index (χ4v) is 1.94. The maximum absolute atomic E-state index is 13.5. The number of carbonyl (C=O) groups excluding carboxylic acids is 1. The zero-order valence-electron chi connectivity index (χ0n) is 14.5. The summed E-state index contributed by atoms with van der Waals surface area (Å²) in [5.41, 5.74) is 0.663. The molecule has 2 N–H and O–H groups in total. The Bertz CT molecular complexity index is 524. The summed E-state index contributed by atoms with van der Waals surface area (Å²) >= 11 is 0. The molecule has 0 saturated heterocycles. The molecule has 0 saturated carbocycles. The second kappa shape index (κ2) is 13.0. The topological polar surface area (TPSA) is 62.7 Å². The molecule has 7 heteroatoms. The Morgan fingerprint density at radius 1 is 1.29 bits per heavy atom. The Morgan fingerprint density at radius 2 is 2.00 bits per heavy atom. The fraction of sp³-hybridized carbons (Fsp3) is 0.529. The van der Waals surface area contributed by atoms with E-state index in [1.807, 2.05) is 26.8 Å². The SMILES string of the molecule is CCNC(=NCCC(=O)OC(C)C)NCCc1ccccc1F.I. The van der Waals surface area contributed by atoms with Crippen LogP contribution >= 0.6 is 24.0 Å². The van der Waals surface area contributed by atoms with Crippen molar-refractivity contribution in [1.82, 2.24) is 10.6 Å². The monoisotopic (exact) mass is 451 g/mol. The maximum atomic E-state index is 13.5. The van der Waals surface area contributed by atoms with Gasteiger partial charge in [0.15, 0.2) is 5.96 Å². The number of nitrogens with one attached hydrogen (secondary N) is 2. The van der Waals surface area contributed by atoms with E-state index >= 15 is 0 Å². The first kappa shape index (κ1) is 22.6. The van der Waals surface area contributed by atoms with E-state index in [9.17, 15) is 9.18 Å². The zero-order valence-corrected chi connectivity index (χ0v) is 16.8. The van der Waals surface area contributed by atoms with E-state index in [1.54, 1.807) is 12.1 Å². The third-order valence-corrected chi connectivity index (χ3v) is 2.94. The molecule has 136 valence electrons. The molecule has 1 aromatic carbocycles. The van der Waals surface area contributed by atoms with Crippen molar-refractivity contribution in [2.75, 3.05) is 19.6 Å². The number of guanidine groups is 1. The van der Waals surface area contributed by atoms with Crippen LogP contribution in [0.15, 0.2) is 29.3 Å². The van der Waals surface area contributed by atoms with Gasteiger partial charge in [-0.3, -0.25) is 9.79 Å². The average molecular weight is 451 g/mol. The van der Waals surface area contributed by atoms with Crippen LogP contribution in [0.3, 0.4) is 0 Å². The van der Waals surface area contributed by atoms with Crippen LogP contribution in [0.5, 0.6) is 0 Å². The van der Waals surface area contributed by atoms with Crippen LogP contribution in [0.1, 0.15) is 32.8 Å². The van der Waals surface area contributed by atoms with E-state index in [1.165, 1.54) is 6.07 Å². The molecule has 0 amide bonds. The minimum atomic E-state index is -0.258. The lowest BCUT2D eigenvalue weighted by Gasteiger charge is -2.12. The molecule has 5 nitrogen and oxygen atoms in total. The summed E-state index contributed by atoms with van der Waals surface area (Å²) in [7, 11) is 0. The number of nitrogens with zero attached hydrogens (tertiary/aromatic N) is 1. The third kappa shape index (κ3) is 9.69. The number of benzene rings is 1. The second-order valence-corrected chi connectivity index (χ2v) is 5.32. The molecule has 0 aromatic heterocycles. The van der Waals surface area contributed by atoms with Crippen molar-refractivity contribution in [3.05, 3.63) is 35.6 Å². The van der Waals surface area contributed by atoms with Crippen LogP contribution in [-0.2, 0) is 16.0 Å². The molecule has 1 rings (SSSR count). The van der Waals surface area contributed by atoms with Gasteiger partial charge in [0.05, 0.1) is 19.1 Å². The fourth-order valence-electron chi connectivity index (χ4n) is 1.94. The van der Waals surface area contributed by atoms with Gasteiger partial charge in [-0.05, 0) is 38.8 Å². The Labute approximate surface area is 160 Å². The summed E-state index contributed by atoms with van der Waals surface area (Å²) in [4.78, 5) is 15.8. The van der Waals surface area contributed by atoms with Gasteiger partial charge in [0.1, 0.15) is 5.82 Å². The molecule has 0 aliphatic carbocycles. The molecule has 1 aromatic rings. The lowest BCUT2D eigenvalue weighted by Crippen LogP contribution is -2.38. The highest BCUT2D eigenvalue weighted by Crippen LogP contribution is 2.06. The number of hydrogen-bond donors (Lipinski definition) is 2. The number of carbonyl (C=O) groups is 1. The highest BCUT2D eigenvalue weighted by molar-refractivity contribution is 14.0. The molecule has 0 spiro atoms. The summed E-state index contributed by atoms with van der Waals surface area (Å²) in [6.07, 6.45) is 0.688. The molecular formula is C17H27FIN3O2. The number of rotatable bonds is 8. The van der Waals surface area contributed by atoms with Crippen molar-refractivity contribution >= 4 is 35.9 Å². The van der Waals surface area contributed by atoms with Gasteiger partial charge in [-0.2, -0.15) is 0 Å². The number of aliphatic imine (C=N–C) groups is 1. The predicted octanol–water partition coefficient (Wildman–Crippen LogP) is 2.88. The average Bonchev–Trinajstić information content (AvgIpc) is 2.48. The van der Waals surface area contributed by atoms with Gasteiger partial charge in [0.25, 0.3) is 0 Å². The Morgan fingerprint density at radius 3 is 2.62 bits per heavy atom. The summed E-state index contributed by atoms with van der Waals surface area (Å²) in [5, 5.41) is 6.22. The molecule has 0 radical (unpaired) electrons. The second-order valence-electron chi connectivity index (χ2n) is 5.32. The van der Waals surface area contributed by atoms with Crippen LogP contribution in [0, 0.1) is 5.82 Å². The van der Waals surface area contributed by atoms with Crippen molar-refractivity contribution < 1.29 is 13.9 Å². The molecule has 0 unspecified atom stereocenters. The van der Waals surface area contributed by atoms with Crippen LogP contribution in [-0.4, -0.2) is 37.7 Å². The van der Waals surface area contributed by atoms with E-state index in [2.05, 4.69) is 15.6 Å². The first-order valence-corrected chi connectivity index (χ1v) is 7.98. The van der Waals surface area contributed by atoms with Crippen LogP contribution in [0.25, 0.3) is 0 Å². The summed E-state index contributed by atoms with van der Waals surface area (Å²) in [6, 6.07) is 6.71. The molecule has 0 bridgehead atoms. The maximum Gasteiger partial charge on any atom is 0.307 e. The van der Waals surface area contributed by atoms with Crippen LogP contribution in [0.4, 0.5) is 4.39 Å². The van der Waals surface area contributed by atoms with E-state index in [0.29, 0.717) is 37.6 Å². The number of hydrogen-bond acceptors (Lipinski definition) is 3. The molecule has 0 aliphatic rings. The molecule has 24 heavy (non-hydrogen) atoms. The van der Waals surface area contributed by atoms with E-state index in [0.717, 1.165) is 0 Å². The normalized spacial score (nSPS) is 11.0. The zero-order chi connectivity index (χ0) is 17.1. The van der Waals surface area contributed by atoms with E-state index in [-0.39, 0.29) is 48.3 Å². The lowest BCUT2D eigenvalue weighted by molar-refractivity contribution is -0.147. The number of esters is 1. The van der Waals surface area contributed by atoms with Gasteiger partial charge in [-0.15, -0.1) is 24.0 Å². The van der Waals surface area contributed by atoms with Gasteiger partial charge < -0.3 is 15.4 Å². The largest absolute Gasteiger partial charge is 0.463 e. The highest BCUT2D eigenvalue weighted by Gasteiger charge is 2.05. The minimum Gasteiger partial charge on any atom is -0.463 e. The number of ether oxygens (including phenoxy) is 1. The minimum absolute atomic E-state index is 0. The van der Waals surface area contributed by atoms with Crippen molar-refractivity contribution in [3.8, 4) is 0 Å². The van der Waals surface area contributed by atoms with Crippen molar-refractivity contribution in [3.63, 3.8) is 0 Å². The van der Waals surface area contributed by atoms with Gasteiger partial charge in [-0.25, -0.2) is 4.39 Å². The molecule has 0 heterocycles. The number of halogens is 2. The van der Waals surface area contributed by atoms with E-state index in [4.69, 9.17) is 4.74 Å². The van der Waals surface area contributed by atoms with Gasteiger partial charge in [-0.1, -0.05) is 18.2 Å². The molecule has 0 fully saturated rings. The Balaban J connectivity index is 0.00000529. The van der Waals surface area contributed by atoms with Crippen molar-refractivity contribution in [2.24, 2.45) is 4.99 Å². The summed E-state index contributed by atoms with van der Waals surface area (Å²) in [5.74, 6) is 0.153. The Kier molecular flexibility index (Phi) is 12.2. The predicted molar refractivity (Wildman–Crippen MR) is 105 cm³/mol. The third-order valence-electron chi connectivity index (χ3n) is 2.94. The van der Waals surface area contributed by atoms with Crippen LogP contribution in [0.2, 0.25) is 0 Å². The summed E-state index contributed by atoms with van der Waals surface area (Å²) in [6.45, 7) is 7.21. The van der Waals surface area contributed by atoms with E-state index < -0.39 is 0 Å². The summed E-state index contributed by atoms with van der Waals surface area (Å²) < 4.78 is 18.6. The Hall–Kier alpha value is -1.38. The first-order valence-electron chi connectivity index (χ1n) is 7.98. The molecule has 0 atom stereocenters. The molecular weight excluding hydrogens is 424 g/mol. The van der Waals surface area contributed by atoms with Gasteiger partial charge in [0.2, 0.25) is 0 Å². The lowest BCUT2D eigenvalue weighted by atomic mass is 10.1. The molecule has 0 aliphatic heterocycles. The van der Waals surface area contributed by atoms with Gasteiger partial charge in [0, 0.05) is 13.1 Å². The van der Waals surface area contributed by atoms with Crippen LogP contribution < -0.4 is 10.6 Å². The van der Waals surface area contributed by atoms with Gasteiger partial charge >= 0.3 is 5.97 Å². The quantitative estimate of drug-likeness (QED) is 0.276.